The summed E-state index contributed by atoms with van der Waals surface area (Å²) in [6.07, 6.45) is 3.99. The maximum atomic E-state index is 12.7. The molecule has 0 aromatic heterocycles. The van der Waals surface area contributed by atoms with Gasteiger partial charge in [0.25, 0.3) is 0 Å². The Morgan fingerprint density at radius 2 is 1.71 bits per heavy atom. The number of guanidine groups is 1. The van der Waals surface area contributed by atoms with Gasteiger partial charge in [-0.15, -0.1) is 24.0 Å². The summed E-state index contributed by atoms with van der Waals surface area (Å²) in [7, 11) is 5.37. The van der Waals surface area contributed by atoms with E-state index in [1.165, 1.54) is 0 Å². The molecule has 0 bridgehead atoms. The quantitative estimate of drug-likeness (QED) is 0.241. The highest BCUT2D eigenvalue weighted by atomic mass is 127. The molecule has 174 valence electrons. The fourth-order valence-corrected chi connectivity index (χ4v) is 3.79. The van der Waals surface area contributed by atoms with Gasteiger partial charge in [0.05, 0.1) is 5.41 Å². The number of amides is 3. The van der Waals surface area contributed by atoms with Crippen LogP contribution in [0.3, 0.4) is 0 Å². The Hall–Kier alpha value is -2.04. The van der Waals surface area contributed by atoms with Gasteiger partial charge < -0.3 is 26.2 Å². The van der Waals surface area contributed by atoms with Crippen molar-refractivity contribution in [3.05, 3.63) is 29.8 Å². The molecule has 1 aromatic rings. The van der Waals surface area contributed by atoms with Crippen molar-refractivity contribution < 1.29 is 9.59 Å². The first-order valence-electron chi connectivity index (χ1n) is 10.6. The second-order valence-electron chi connectivity index (χ2n) is 8.42. The molecule has 0 unspecified atom stereocenters. The van der Waals surface area contributed by atoms with E-state index < -0.39 is 0 Å². The number of anilines is 1. The normalized spacial score (nSPS) is 15.1. The first-order chi connectivity index (χ1) is 14.3. The van der Waals surface area contributed by atoms with Crippen LogP contribution in [0.25, 0.3) is 0 Å². The highest BCUT2D eigenvalue weighted by molar-refractivity contribution is 14.0. The Balaban J connectivity index is 0.00000480. The van der Waals surface area contributed by atoms with Gasteiger partial charge in [0, 0.05) is 46.0 Å². The van der Waals surface area contributed by atoms with E-state index in [9.17, 15) is 9.59 Å². The predicted molar refractivity (Wildman–Crippen MR) is 137 cm³/mol. The maximum Gasteiger partial charge on any atom is 0.319 e. The number of rotatable bonds is 7. The Labute approximate surface area is 203 Å². The number of carbonyl (C=O) groups excluding carboxylic acids is 2. The van der Waals surface area contributed by atoms with Crippen molar-refractivity contribution in [2.24, 2.45) is 10.4 Å². The second kappa shape index (κ2) is 12.7. The molecule has 0 heterocycles. The van der Waals surface area contributed by atoms with Crippen LogP contribution in [0.5, 0.6) is 0 Å². The predicted octanol–water partition coefficient (Wildman–Crippen LogP) is 3.15. The molecule has 31 heavy (non-hydrogen) atoms. The van der Waals surface area contributed by atoms with Crippen LogP contribution < -0.4 is 21.3 Å². The van der Waals surface area contributed by atoms with Gasteiger partial charge in [-0.05, 0) is 44.4 Å². The average Bonchev–Trinajstić information content (AvgIpc) is 3.18. The minimum absolute atomic E-state index is 0. The van der Waals surface area contributed by atoms with Gasteiger partial charge in [-0.3, -0.25) is 9.79 Å². The standard InChI is InChI=1S/C22H36N6O2.HI/c1-16(2)26-21(30)27-18-10-8-17(9-11-18)14-24-20(23-3)25-15-22(12-6-7-13-22)19(29)28(4)5;/h8-11,16H,6-7,12-15H2,1-5H3,(H2,23,24,25)(H2,26,27,30);1H. The summed E-state index contributed by atoms with van der Waals surface area (Å²) >= 11 is 0. The summed E-state index contributed by atoms with van der Waals surface area (Å²) in [6.45, 7) is 5.00. The lowest BCUT2D eigenvalue weighted by Gasteiger charge is -2.31. The van der Waals surface area contributed by atoms with Crippen molar-refractivity contribution in [2.45, 2.75) is 52.1 Å². The number of hydrogen-bond acceptors (Lipinski definition) is 3. The summed E-state index contributed by atoms with van der Waals surface area (Å²) in [5.74, 6) is 0.860. The number of halogens is 1. The summed E-state index contributed by atoms with van der Waals surface area (Å²) in [5, 5.41) is 12.2. The van der Waals surface area contributed by atoms with Gasteiger partial charge in [-0.25, -0.2) is 4.79 Å². The molecule has 1 fully saturated rings. The average molecular weight is 544 g/mol. The number of urea groups is 1. The van der Waals surface area contributed by atoms with E-state index in [1.54, 1.807) is 11.9 Å². The SMILES string of the molecule is CN=C(NCc1ccc(NC(=O)NC(C)C)cc1)NCC1(C(=O)N(C)C)CCCC1.I. The van der Waals surface area contributed by atoms with E-state index in [0.29, 0.717) is 19.0 Å². The Kier molecular flexibility index (Phi) is 11.1. The van der Waals surface area contributed by atoms with E-state index in [2.05, 4.69) is 26.3 Å². The minimum Gasteiger partial charge on any atom is -0.355 e. The van der Waals surface area contributed by atoms with E-state index in [4.69, 9.17) is 0 Å². The van der Waals surface area contributed by atoms with E-state index in [1.807, 2.05) is 52.2 Å². The van der Waals surface area contributed by atoms with Gasteiger partial charge >= 0.3 is 6.03 Å². The maximum absolute atomic E-state index is 12.7. The monoisotopic (exact) mass is 544 g/mol. The number of aliphatic imine (C=N–C) groups is 1. The van der Waals surface area contributed by atoms with Crippen molar-refractivity contribution >= 4 is 47.6 Å². The number of benzene rings is 1. The first kappa shape index (κ1) is 27.0. The first-order valence-corrected chi connectivity index (χ1v) is 10.6. The molecule has 1 saturated carbocycles. The lowest BCUT2D eigenvalue weighted by Crippen LogP contribution is -2.49. The van der Waals surface area contributed by atoms with Crippen molar-refractivity contribution in [2.75, 3.05) is 33.0 Å². The van der Waals surface area contributed by atoms with Crippen molar-refractivity contribution in [3.8, 4) is 0 Å². The van der Waals surface area contributed by atoms with Gasteiger partial charge in [0.2, 0.25) is 5.91 Å². The minimum atomic E-state index is -0.342. The van der Waals surface area contributed by atoms with Crippen molar-refractivity contribution in [1.82, 2.24) is 20.9 Å². The van der Waals surface area contributed by atoms with Gasteiger partial charge in [-0.2, -0.15) is 0 Å². The number of nitrogens with one attached hydrogen (secondary N) is 4. The van der Waals surface area contributed by atoms with E-state index >= 15 is 0 Å². The van der Waals surface area contributed by atoms with Crippen molar-refractivity contribution in [3.63, 3.8) is 0 Å². The van der Waals surface area contributed by atoms with Gasteiger partial charge in [-0.1, -0.05) is 25.0 Å². The third-order valence-corrected chi connectivity index (χ3v) is 5.33. The van der Waals surface area contributed by atoms with Gasteiger partial charge in [0.1, 0.15) is 0 Å². The Bertz CT molecular complexity index is 743. The largest absolute Gasteiger partial charge is 0.355 e. The zero-order valence-corrected chi connectivity index (χ0v) is 21.6. The third kappa shape index (κ3) is 8.19. The fraction of sp³-hybridized carbons (Fsp3) is 0.591. The highest BCUT2D eigenvalue weighted by Crippen LogP contribution is 2.38. The Morgan fingerprint density at radius 1 is 1.10 bits per heavy atom. The zero-order valence-electron chi connectivity index (χ0n) is 19.2. The smallest absolute Gasteiger partial charge is 0.319 e. The molecular formula is C22H37IN6O2. The van der Waals surface area contributed by atoms with E-state index in [0.717, 1.165) is 36.9 Å². The number of nitrogens with zero attached hydrogens (tertiary/aromatic N) is 2. The number of hydrogen-bond donors (Lipinski definition) is 4. The molecule has 8 nitrogen and oxygen atoms in total. The molecule has 2 rings (SSSR count). The van der Waals surface area contributed by atoms with Crippen LogP contribution in [0.4, 0.5) is 10.5 Å². The third-order valence-electron chi connectivity index (χ3n) is 5.33. The zero-order chi connectivity index (χ0) is 22.1. The van der Waals surface area contributed by atoms with Crippen LogP contribution in [0, 0.1) is 5.41 Å². The van der Waals surface area contributed by atoms with Crippen molar-refractivity contribution in [1.29, 1.82) is 0 Å². The van der Waals surface area contributed by atoms with Crippen LogP contribution in [0.15, 0.2) is 29.3 Å². The molecule has 0 radical (unpaired) electrons. The van der Waals surface area contributed by atoms with E-state index in [-0.39, 0.29) is 47.4 Å². The lowest BCUT2D eigenvalue weighted by molar-refractivity contribution is -0.138. The molecule has 1 aromatic carbocycles. The molecular weight excluding hydrogens is 507 g/mol. The topological polar surface area (TPSA) is 97.9 Å². The molecule has 1 aliphatic rings. The summed E-state index contributed by atoms with van der Waals surface area (Å²) in [4.78, 5) is 30.5. The van der Waals surface area contributed by atoms with Gasteiger partial charge in [0.15, 0.2) is 5.96 Å². The Morgan fingerprint density at radius 3 is 2.23 bits per heavy atom. The second-order valence-corrected chi connectivity index (χ2v) is 8.42. The van der Waals surface area contributed by atoms with Crippen LogP contribution in [0.2, 0.25) is 0 Å². The molecule has 0 aliphatic heterocycles. The summed E-state index contributed by atoms with van der Waals surface area (Å²) in [5.41, 5.74) is 1.46. The number of carbonyl (C=O) groups is 2. The van der Waals surface area contributed by atoms with Crippen LogP contribution in [0.1, 0.15) is 45.1 Å². The molecule has 1 aliphatic carbocycles. The fourth-order valence-electron chi connectivity index (χ4n) is 3.79. The van der Waals surface area contributed by atoms with Crippen LogP contribution >= 0.6 is 24.0 Å². The lowest BCUT2D eigenvalue weighted by atomic mass is 9.84. The molecule has 0 spiro atoms. The van der Waals surface area contributed by atoms with Crippen LogP contribution in [-0.4, -0.2) is 56.5 Å². The summed E-state index contributed by atoms with van der Waals surface area (Å²) < 4.78 is 0. The molecule has 0 saturated heterocycles. The molecule has 9 heteroatoms. The summed E-state index contributed by atoms with van der Waals surface area (Å²) in [6, 6.07) is 7.53. The highest BCUT2D eigenvalue weighted by Gasteiger charge is 2.42. The molecule has 3 amide bonds. The molecule has 4 N–H and O–H groups in total. The van der Waals surface area contributed by atoms with Crippen LogP contribution in [-0.2, 0) is 11.3 Å². The molecule has 0 atom stereocenters.